The van der Waals surface area contributed by atoms with E-state index in [0.717, 1.165) is 48.3 Å². The van der Waals surface area contributed by atoms with E-state index >= 15 is 0 Å². The van der Waals surface area contributed by atoms with Crippen molar-refractivity contribution in [2.45, 2.75) is 45.3 Å². The summed E-state index contributed by atoms with van der Waals surface area (Å²) >= 11 is 6.11. The van der Waals surface area contributed by atoms with Crippen LogP contribution in [-0.4, -0.2) is 40.3 Å². The number of hydrogen-bond acceptors (Lipinski definition) is 5. The molecule has 1 N–H and O–H groups in total. The number of amides is 2. The van der Waals surface area contributed by atoms with Crippen LogP contribution in [0.2, 0.25) is 5.02 Å². The Hall–Kier alpha value is -3.16. The van der Waals surface area contributed by atoms with Gasteiger partial charge in [0.05, 0.1) is 24.3 Å². The Labute approximate surface area is 203 Å². The van der Waals surface area contributed by atoms with Gasteiger partial charge in [0.1, 0.15) is 0 Å². The second-order valence-corrected chi connectivity index (χ2v) is 9.09. The van der Waals surface area contributed by atoms with Crippen LogP contribution in [0, 0.1) is 0 Å². The van der Waals surface area contributed by atoms with E-state index in [1.54, 1.807) is 4.90 Å². The van der Waals surface area contributed by atoms with Crippen LogP contribution < -0.4 is 5.32 Å². The lowest BCUT2D eigenvalue weighted by molar-refractivity contribution is 0.0877. The lowest BCUT2D eigenvalue weighted by atomic mass is 9.94. The smallest absolute Gasteiger partial charge is 0.322 e. The van der Waals surface area contributed by atoms with Crippen LogP contribution in [0.25, 0.3) is 17.0 Å². The van der Waals surface area contributed by atoms with Gasteiger partial charge in [-0.15, -0.1) is 0 Å². The summed E-state index contributed by atoms with van der Waals surface area (Å²) in [5.41, 5.74) is 4.55. The third-order valence-electron chi connectivity index (χ3n) is 6.49. The van der Waals surface area contributed by atoms with Gasteiger partial charge in [0.25, 0.3) is 5.89 Å². The van der Waals surface area contributed by atoms with Crippen molar-refractivity contribution in [1.82, 2.24) is 20.4 Å². The van der Waals surface area contributed by atoms with Gasteiger partial charge >= 0.3 is 6.03 Å². The molecular weight excluding hydrogens is 452 g/mol. The number of aromatic nitrogens is 2. The van der Waals surface area contributed by atoms with Crippen molar-refractivity contribution in [3.8, 4) is 11.4 Å². The van der Waals surface area contributed by atoms with Crippen molar-refractivity contribution in [1.29, 1.82) is 0 Å². The molecule has 2 amide bonds. The highest BCUT2D eigenvalue weighted by Crippen LogP contribution is 2.38. The first-order chi connectivity index (χ1) is 16.5. The van der Waals surface area contributed by atoms with Gasteiger partial charge in [-0.1, -0.05) is 60.1 Å². The lowest BCUT2D eigenvalue weighted by Gasteiger charge is -2.36. The molecule has 34 heavy (non-hydrogen) atoms. The maximum atomic E-state index is 13.1. The highest BCUT2D eigenvalue weighted by Gasteiger charge is 2.37. The highest BCUT2D eigenvalue weighted by atomic mass is 35.5. The van der Waals surface area contributed by atoms with Crippen molar-refractivity contribution in [2.75, 3.05) is 13.2 Å². The van der Waals surface area contributed by atoms with Gasteiger partial charge in [0, 0.05) is 22.9 Å². The third-order valence-corrected chi connectivity index (χ3v) is 6.74. The molecule has 0 radical (unpaired) electrons. The van der Waals surface area contributed by atoms with Gasteiger partial charge in [-0.05, 0) is 49.4 Å². The molecule has 0 bridgehead atoms. The van der Waals surface area contributed by atoms with Gasteiger partial charge in [-0.2, -0.15) is 4.98 Å². The van der Waals surface area contributed by atoms with Crippen LogP contribution in [0.15, 0.2) is 58.8 Å². The number of carbonyl (C=O) groups excluding carboxylic acids is 1. The van der Waals surface area contributed by atoms with Crippen LogP contribution >= 0.6 is 11.6 Å². The van der Waals surface area contributed by atoms with E-state index in [9.17, 15) is 4.79 Å². The molecule has 3 heterocycles. The molecule has 0 spiro atoms. The zero-order valence-corrected chi connectivity index (χ0v) is 20.0. The fourth-order valence-electron chi connectivity index (χ4n) is 4.52. The first-order valence-electron chi connectivity index (χ1n) is 11.6. The van der Waals surface area contributed by atoms with Crippen LogP contribution in [0.3, 0.4) is 0 Å². The fourth-order valence-corrected chi connectivity index (χ4v) is 4.64. The Balaban J connectivity index is 1.55. The molecule has 2 aliphatic rings. The highest BCUT2D eigenvalue weighted by molar-refractivity contribution is 6.30. The molecule has 8 heteroatoms. The zero-order chi connectivity index (χ0) is 23.7. The average Bonchev–Trinajstić information content (AvgIpc) is 3.54. The van der Waals surface area contributed by atoms with E-state index in [4.69, 9.17) is 25.8 Å². The van der Waals surface area contributed by atoms with E-state index in [2.05, 4.69) is 29.5 Å². The minimum atomic E-state index is -0.443. The summed E-state index contributed by atoms with van der Waals surface area (Å²) in [4.78, 5) is 19.6. The molecule has 5 rings (SSSR count). The summed E-state index contributed by atoms with van der Waals surface area (Å²) in [7, 11) is 0. The van der Waals surface area contributed by atoms with Crippen molar-refractivity contribution >= 4 is 23.2 Å². The Morgan fingerprint density at radius 1 is 1.15 bits per heavy atom. The topological polar surface area (TPSA) is 80.5 Å². The minimum absolute atomic E-state index is 0.0179. The second-order valence-electron chi connectivity index (χ2n) is 8.65. The van der Waals surface area contributed by atoms with Gasteiger partial charge in [0.2, 0.25) is 5.82 Å². The number of hydrogen-bond donors (Lipinski definition) is 1. The van der Waals surface area contributed by atoms with Crippen LogP contribution in [0.4, 0.5) is 4.79 Å². The molecular formula is C26H27ClN4O3. The predicted molar refractivity (Wildman–Crippen MR) is 130 cm³/mol. The Morgan fingerprint density at radius 2 is 1.91 bits per heavy atom. The van der Waals surface area contributed by atoms with Gasteiger partial charge in [-0.3, -0.25) is 4.90 Å². The molecule has 176 valence electrons. The Kier molecular flexibility index (Phi) is 6.39. The molecule has 0 aliphatic carbocycles. The third kappa shape index (κ3) is 4.45. The predicted octanol–water partition coefficient (Wildman–Crippen LogP) is 5.63. The van der Waals surface area contributed by atoms with Crippen molar-refractivity contribution < 1.29 is 14.1 Å². The first kappa shape index (κ1) is 22.6. The van der Waals surface area contributed by atoms with Crippen molar-refractivity contribution in [2.24, 2.45) is 0 Å². The molecule has 2 unspecified atom stereocenters. The van der Waals surface area contributed by atoms with Gasteiger partial charge < -0.3 is 14.6 Å². The molecule has 3 aromatic rings. The summed E-state index contributed by atoms with van der Waals surface area (Å²) in [6, 6.07) is 14.9. The number of nitrogens with zero attached hydrogens (tertiary/aromatic N) is 3. The van der Waals surface area contributed by atoms with Gasteiger partial charge in [0.15, 0.2) is 0 Å². The lowest BCUT2D eigenvalue weighted by Crippen LogP contribution is -2.48. The molecule has 2 atom stereocenters. The Bertz CT molecular complexity index is 1200. The van der Waals surface area contributed by atoms with Crippen LogP contribution in [-0.2, 0) is 11.2 Å². The van der Waals surface area contributed by atoms with E-state index in [1.807, 2.05) is 43.3 Å². The quantitative estimate of drug-likeness (QED) is 0.496. The van der Waals surface area contributed by atoms with E-state index in [-0.39, 0.29) is 12.1 Å². The summed E-state index contributed by atoms with van der Waals surface area (Å²) < 4.78 is 11.5. The van der Waals surface area contributed by atoms with Crippen LogP contribution in [0.5, 0.6) is 0 Å². The number of benzene rings is 2. The Morgan fingerprint density at radius 3 is 2.59 bits per heavy atom. The van der Waals surface area contributed by atoms with Crippen molar-refractivity contribution in [3.05, 3.63) is 76.3 Å². The first-order valence-corrected chi connectivity index (χ1v) is 12.0. The molecule has 2 aromatic carbocycles. The number of nitrogens with one attached hydrogen (secondary N) is 1. The normalized spacial score (nSPS) is 20.7. The SMILES string of the molecule is CCc1ccc(-c2noc(C3=C(C)N(CC4CCCO4)C(=O)NC3c3ccc(Cl)cc3)n2)cc1. The minimum Gasteiger partial charge on any atom is -0.376 e. The maximum Gasteiger partial charge on any atom is 0.322 e. The van der Waals surface area contributed by atoms with Crippen molar-refractivity contribution in [3.63, 3.8) is 0 Å². The van der Waals surface area contributed by atoms with E-state index < -0.39 is 6.04 Å². The number of halogens is 1. The standard InChI is InChI=1S/C26H27ClN4O3/c1-3-17-6-8-19(9-7-17)24-29-25(34-30-24)22-16(2)31(15-21-5-4-14-33-21)26(32)28-23(22)18-10-12-20(27)13-11-18/h6-13,21,23H,3-5,14-15H2,1-2H3,(H,28,32). The summed E-state index contributed by atoms with van der Waals surface area (Å²) in [6.45, 7) is 5.25. The molecule has 0 saturated carbocycles. The number of aryl methyl sites for hydroxylation is 1. The summed E-state index contributed by atoms with van der Waals surface area (Å²) in [6.07, 6.45) is 2.93. The second kappa shape index (κ2) is 9.60. The summed E-state index contributed by atoms with van der Waals surface area (Å²) in [5, 5.41) is 7.99. The largest absolute Gasteiger partial charge is 0.376 e. The monoisotopic (exact) mass is 478 g/mol. The molecule has 2 aliphatic heterocycles. The average molecular weight is 479 g/mol. The zero-order valence-electron chi connectivity index (χ0n) is 19.3. The molecule has 1 fully saturated rings. The van der Waals surface area contributed by atoms with E-state index in [0.29, 0.717) is 23.3 Å². The molecule has 7 nitrogen and oxygen atoms in total. The number of urea groups is 1. The number of allylic oxidation sites excluding steroid dienone is 1. The number of ether oxygens (including phenoxy) is 1. The van der Waals surface area contributed by atoms with E-state index in [1.165, 1.54) is 5.56 Å². The van der Waals surface area contributed by atoms with Crippen LogP contribution in [0.1, 0.15) is 49.7 Å². The molecule has 1 aromatic heterocycles. The molecule has 1 saturated heterocycles. The number of rotatable bonds is 6. The summed E-state index contributed by atoms with van der Waals surface area (Å²) in [5.74, 6) is 0.889. The fraction of sp³-hybridized carbons (Fsp3) is 0.346. The maximum absolute atomic E-state index is 13.1. The van der Waals surface area contributed by atoms with Gasteiger partial charge in [-0.25, -0.2) is 4.79 Å². The number of carbonyl (C=O) groups is 1.